The van der Waals surface area contributed by atoms with E-state index in [4.69, 9.17) is 18.9 Å². The number of hydrogen-bond donors (Lipinski definition) is 0. The Hall–Kier alpha value is -5.00. The molecular weight excluding hydrogens is 592 g/mol. The SMILES string of the molecule is CCC1=CN2C(=O)c3cc(OC)c(OCCCOc4cc5c(cc4OC)C(=O)N4C=C(C)CC4C(=O)N5C)cc3N(C)C(=O)C2C1. The standard InChI is InChI=1S/C34H38N4O8/c1-7-20-12-26-34(42)36(4)24-16-30(28(44-6)14-22(24)32(40)38(26)18-20)46-10-8-9-45-29-15-23-21(13-27(29)43-5)31(39)37-17-19(2)11-25(37)33(41)35(23)3/h13-18,25-26H,7-12H2,1-6H3. The molecule has 4 aliphatic heterocycles. The Balaban J connectivity index is 1.16. The van der Waals surface area contributed by atoms with Gasteiger partial charge in [0.25, 0.3) is 11.8 Å². The average Bonchev–Trinajstić information content (AvgIpc) is 3.66. The van der Waals surface area contributed by atoms with E-state index in [1.54, 1.807) is 50.8 Å². The van der Waals surface area contributed by atoms with Crippen LogP contribution in [0.15, 0.2) is 47.8 Å². The number of nitrogens with zero attached hydrogens (tertiary/aromatic N) is 4. The van der Waals surface area contributed by atoms with Crippen LogP contribution in [0.25, 0.3) is 0 Å². The first kappa shape index (κ1) is 31.0. The van der Waals surface area contributed by atoms with Gasteiger partial charge >= 0.3 is 0 Å². The number of amides is 4. The number of hydrogen-bond acceptors (Lipinski definition) is 8. The lowest BCUT2D eigenvalue weighted by Crippen LogP contribution is -2.42. The molecule has 6 rings (SSSR count). The number of ether oxygens (including phenoxy) is 4. The van der Waals surface area contributed by atoms with Crippen LogP contribution in [0.5, 0.6) is 23.0 Å². The summed E-state index contributed by atoms with van der Waals surface area (Å²) in [6.45, 7) is 4.40. The third-order valence-electron chi connectivity index (χ3n) is 9.03. The highest BCUT2D eigenvalue weighted by Crippen LogP contribution is 2.42. The average molecular weight is 631 g/mol. The highest BCUT2D eigenvalue weighted by Gasteiger charge is 2.42. The van der Waals surface area contributed by atoms with E-state index in [2.05, 4.69) is 0 Å². The van der Waals surface area contributed by atoms with E-state index in [-0.39, 0.29) is 36.8 Å². The molecular formula is C34H38N4O8. The number of fused-ring (bicyclic) bond motifs is 4. The molecule has 2 aromatic rings. The van der Waals surface area contributed by atoms with Crippen molar-refractivity contribution in [1.29, 1.82) is 0 Å². The van der Waals surface area contributed by atoms with Crippen molar-refractivity contribution >= 4 is 35.0 Å². The van der Waals surface area contributed by atoms with Gasteiger partial charge in [-0.3, -0.25) is 19.2 Å². The Morgan fingerprint density at radius 3 is 1.65 bits per heavy atom. The normalized spacial score (nSPS) is 20.4. The van der Waals surface area contributed by atoms with Crippen molar-refractivity contribution in [2.75, 3.05) is 51.3 Å². The molecule has 2 unspecified atom stereocenters. The summed E-state index contributed by atoms with van der Waals surface area (Å²) < 4.78 is 23.2. The minimum atomic E-state index is -0.568. The third-order valence-corrected chi connectivity index (χ3v) is 9.03. The van der Waals surface area contributed by atoms with Gasteiger partial charge in [-0.25, -0.2) is 0 Å². The van der Waals surface area contributed by atoms with E-state index in [9.17, 15) is 19.2 Å². The van der Waals surface area contributed by atoms with Gasteiger partial charge in [0.05, 0.1) is 49.9 Å². The zero-order chi connectivity index (χ0) is 32.9. The number of methoxy groups -OCH3 is 2. The van der Waals surface area contributed by atoms with Crippen LogP contribution < -0.4 is 28.7 Å². The second kappa shape index (κ2) is 12.1. The van der Waals surface area contributed by atoms with E-state index in [0.29, 0.717) is 64.8 Å². The summed E-state index contributed by atoms with van der Waals surface area (Å²) in [6, 6.07) is 5.43. The topological polar surface area (TPSA) is 118 Å². The lowest BCUT2D eigenvalue weighted by molar-refractivity contribution is -0.122. The lowest BCUT2D eigenvalue weighted by atomic mass is 10.1. The zero-order valence-corrected chi connectivity index (χ0v) is 26.9. The molecule has 242 valence electrons. The van der Waals surface area contributed by atoms with Crippen LogP contribution in [0.1, 0.15) is 60.2 Å². The molecule has 12 heteroatoms. The fraction of sp³-hybridized carbons (Fsp3) is 0.412. The van der Waals surface area contributed by atoms with Crippen molar-refractivity contribution in [3.8, 4) is 23.0 Å². The summed E-state index contributed by atoms with van der Waals surface area (Å²) in [5.74, 6) is 0.688. The van der Waals surface area contributed by atoms with Crippen LogP contribution in [-0.4, -0.2) is 87.0 Å². The number of likely N-dealkylation sites (N-methyl/N-ethyl adjacent to an activating group) is 2. The first-order valence-corrected chi connectivity index (χ1v) is 15.3. The van der Waals surface area contributed by atoms with E-state index in [1.165, 1.54) is 33.8 Å². The molecule has 4 amide bonds. The summed E-state index contributed by atoms with van der Waals surface area (Å²) in [4.78, 5) is 59.5. The van der Waals surface area contributed by atoms with Crippen LogP contribution in [0.3, 0.4) is 0 Å². The molecule has 0 bridgehead atoms. The Morgan fingerprint density at radius 1 is 0.696 bits per heavy atom. The second-order valence-electron chi connectivity index (χ2n) is 11.9. The Morgan fingerprint density at radius 2 is 1.17 bits per heavy atom. The van der Waals surface area contributed by atoms with Crippen molar-refractivity contribution < 1.29 is 38.1 Å². The molecule has 4 heterocycles. The Bertz CT molecular complexity index is 1700. The number of carbonyl (C=O) groups is 4. The molecule has 4 aliphatic rings. The summed E-state index contributed by atoms with van der Waals surface area (Å²) in [5.41, 5.74) is 3.66. The molecule has 46 heavy (non-hydrogen) atoms. The van der Waals surface area contributed by atoms with Gasteiger partial charge in [-0.15, -0.1) is 0 Å². The van der Waals surface area contributed by atoms with E-state index in [0.717, 1.165) is 17.6 Å². The first-order chi connectivity index (χ1) is 22.1. The van der Waals surface area contributed by atoms with E-state index in [1.807, 2.05) is 13.8 Å². The minimum Gasteiger partial charge on any atom is -0.493 e. The maximum Gasteiger partial charge on any atom is 0.260 e. The molecule has 0 radical (unpaired) electrons. The number of rotatable bonds is 9. The largest absolute Gasteiger partial charge is 0.493 e. The van der Waals surface area contributed by atoms with Crippen molar-refractivity contribution in [1.82, 2.24) is 9.80 Å². The van der Waals surface area contributed by atoms with Gasteiger partial charge < -0.3 is 38.5 Å². The third kappa shape index (κ3) is 5.11. The molecule has 0 N–H and O–H groups in total. The van der Waals surface area contributed by atoms with Gasteiger partial charge in [-0.05, 0) is 38.3 Å². The smallest absolute Gasteiger partial charge is 0.260 e. The maximum atomic E-state index is 13.5. The van der Waals surface area contributed by atoms with Gasteiger partial charge in [-0.2, -0.15) is 0 Å². The van der Waals surface area contributed by atoms with Crippen LogP contribution in [0.2, 0.25) is 0 Å². The van der Waals surface area contributed by atoms with Crippen molar-refractivity contribution in [2.24, 2.45) is 0 Å². The van der Waals surface area contributed by atoms with Crippen molar-refractivity contribution in [2.45, 2.75) is 51.6 Å². The minimum absolute atomic E-state index is 0.160. The van der Waals surface area contributed by atoms with Gasteiger partial charge in [0.15, 0.2) is 23.0 Å². The number of benzene rings is 2. The second-order valence-corrected chi connectivity index (χ2v) is 11.9. The molecule has 2 aromatic carbocycles. The van der Waals surface area contributed by atoms with Crippen LogP contribution >= 0.6 is 0 Å². The summed E-state index contributed by atoms with van der Waals surface area (Å²) in [5, 5.41) is 0. The fourth-order valence-electron chi connectivity index (χ4n) is 6.44. The Labute approximate surface area is 267 Å². The van der Waals surface area contributed by atoms with Gasteiger partial charge in [0, 0.05) is 45.0 Å². The quantitative estimate of drug-likeness (QED) is 0.380. The molecule has 0 spiro atoms. The molecule has 2 atom stereocenters. The van der Waals surface area contributed by atoms with Crippen LogP contribution in [0.4, 0.5) is 11.4 Å². The van der Waals surface area contributed by atoms with E-state index < -0.39 is 12.1 Å². The molecule has 0 aromatic heterocycles. The van der Waals surface area contributed by atoms with Crippen molar-refractivity contribution in [3.63, 3.8) is 0 Å². The van der Waals surface area contributed by atoms with Gasteiger partial charge in [-0.1, -0.05) is 18.1 Å². The molecule has 0 fully saturated rings. The lowest BCUT2D eigenvalue weighted by Gasteiger charge is -2.22. The molecule has 0 saturated heterocycles. The molecule has 12 nitrogen and oxygen atoms in total. The van der Waals surface area contributed by atoms with E-state index >= 15 is 0 Å². The van der Waals surface area contributed by atoms with Crippen LogP contribution in [0, 0.1) is 0 Å². The first-order valence-electron chi connectivity index (χ1n) is 15.3. The highest BCUT2D eigenvalue weighted by molar-refractivity contribution is 6.13. The fourth-order valence-corrected chi connectivity index (χ4v) is 6.44. The number of carbonyl (C=O) groups excluding carboxylic acids is 4. The summed E-state index contributed by atoms with van der Waals surface area (Å²) >= 11 is 0. The number of anilines is 2. The summed E-state index contributed by atoms with van der Waals surface area (Å²) in [6.07, 6.45) is 5.78. The van der Waals surface area contributed by atoms with Gasteiger partial charge in [0.2, 0.25) is 11.8 Å². The molecule has 0 aliphatic carbocycles. The predicted octanol–water partition coefficient (Wildman–Crippen LogP) is 4.13. The summed E-state index contributed by atoms with van der Waals surface area (Å²) in [7, 11) is 6.32. The highest BCUT2D eigenvalue weighted by atomic mass is 16.5. The Kier molecular flexibility index (Phi) is 8.13. The monoisotopic (exact) mass is 630 g/mol. The molecule has 0 saturated carbocycles. The zero-order valence-electron chi connectivity index (χ0n) is 26.9. The van der Waals surface area contributed by atoms with Crippen molar-refractivity contribution in [3.05, 3.63) is 58.9 Å². The predicted molar refractivity (Wildman–Crippen MR) is 170 cm³/mol. The van der Waals surface area contributed by atoms with Gasteiger partial charge in [0.1, 0.15) is 12.1 Å². The van der Waals surface area contributed by atoms with Crippen LogP contribution in [-0.2, 0) is 9.59 Å². The maximum absolute atomic E-state index is 13.5.